The summed E-state index contributed by atoms with van der Waals surface area (Å²) in [4.78, 5) is 10.8. The van der Waals surface area contributed by atoms with E-state index in [-0.39, 0.29) is 11.3 Å². The van der Waals surface area contributed by atoms with E-state index >= 15 is 0 Å². The first-order valence-electron chi connectivity index (χ1n) is 8.90. The fourth-order valence-electron chi connectivity index (χ4n) is 2.58. The highest BCUT2D eigenvalue weighted by Crippen LogP contribution is 2.23. The number of carbonyl (C=O) groups is 1. The normalized spacial score (nSPS) is 10.7. The topological polar surface area (TPSA) is 66.8 Å². The summed E-state index contributed by atoms with van der Waals surface area (Å²) in [6.07, 6.45) is 12.2. The van der Waals surface area contributed by atoms with Crippen LogP contribution in [0.25, 0.3) is 0 Å². The van der Waals surface area contributed by atoms with Crippen LogP contribution in [0.2, 0.25) is 0 Å². The van der Waals surface area contributed by atoms with Crippen LogP contribution >= 0.6 is 11.6 Å². The SMILES string of the molecule is O=C(O)c1ccc(OCCCCCCCCCCCCCl)cc1O. The van der Waals surface area contributed by atoms with E-state index < -0.39 is 5.97 Å². The smallest absolute Gasteiger partial charge is 0.339 e. The average molecular weight is 357 g/mol. The van der Waals surface area contributed by atoms with Crippen molar-refractivity contribution >= 4 is 17.6 Å². The number of hydrogen-bond donors (Lipinski definition) is 2. The molecule has 0 fully saturated rings. The Morgan fingerprint density at radius 2 is 1.46 bits per heavy atom. The van der Waals surface area contributed by atoms with Gasteiger partial charge in [-0.3, -0.25) is 0 Å². The van der Waals surface area contributed by atoms with Crippen LogP contribution in [0.3, 0.4) is 0 Å². The van der Waals surface area contributed by atoms with Gasteiger partial charge in [0.2, 0.25) is 0 Å². The van der Waals surface area contributed by atoms with Crippen molar-refractivity contribution in [2.45, 2.75) is 64.2 Å². The van der Waals surface area contributed by atoms with Crippen LogP contribution in [0.4, 0.5) is 0 Å². The molecule has 0 aliphatic rings. The molecule has 2 N–H and O–H groups in total. The van der Waals surface area contributed by atoms with E-state index in [2.05, 4.69) is 0 Å². The van der Waals surface area contributed by atoms with E-state index in [0.29, 0.717) is 12.4 Å². The van der Waals surface area contributed by atoms with Crippen LogP contribution in [0.5, 0.6) is 11.5 Å². The molecule has 24 heavy (non-hydrogen) atoms. The third kappa shape index (κ3) is 9.02. The predicted molar refractivity (Wildman–Crippen MR) is 97.5 cm³/mol. The number of carboxylic acid groups (broad SMARTS) is 1. The first kappa shape index (κ1) is 20.6. The summed E-state index contributed by atoms with van der Waals surface area (Å²) in [6, 6.07) is 4.29. The molecule has 4 nitrogen and oxygen atoms in total. The molecule has 136 valence electrons. The van der Waals surface area contributed by atoms with Gasteiger partial charge in [0.25, 0.3) is 0 Å². The van der Waals surface area contributed by atoms with Crippen LogP contribution in [0, 0.1) is 0 Å². The van der Waals surface area contributed by atoms with Gasteiger partial charge in [0.05, 0.1) is 6.61 Å². The molecule has 0 saturated heterocycles. The van der Waals surface area contributed by atoms with Gasteiger partial charge >= 0.3 is 5.97 Å². The molecule has 5 heteroatoms. The lowest BCUT2D eigenvalue weighted by Crippen LogP contribution is -2.00. The fraction of sp³-hybridized carbons (Fsp3) is 0.632. The van der Waals surface area contributed by atoms with Crippen molar-refractivity contribution in [3.8, 4) is 11.5 Å². The number of ether oxygens (including phenoxy) is 1. The van der Waals surface area contributed by atoms with Gasteiger partial charge in [-0.1, -0.05) is 51.4 Å². The minimum absolute atomic E-state index is 0.106. The van der Waals surface area contributed by atoms with Crippen LogP contribution in [-0.2, 0) is 0 Å². The van der Waals surface area contributed by atoms with Crippen molar-refractivity contribution in [1.82, 2.24) is 0 Å². The lowest BCUT2D eigenvalue weighted by molar-refractivity contribution is 0.0693. The Balaban J connectivity index is 1.99. The summed E-state index contributed by atoms with van der Waals surface area (Å²) >= 11 is 5.64. The molecular formula is C19H29ClO4. The van der Waals surface area contributed by atoms with Crippen molar-refractivity contribution < 1.29 is 19.7 Å². The minimum Gasteiger partial charge on any atom is -0.507 e. The van der Waals surface area contributed by atoms with Gasteiger partial charge in [0, 0.05) is 11.9 Å². The monoisotopic (exact) mass is 356 g/mol. The molecule has 0 radical (unpaired) electrons. The van der Waals surface area contributed by atoms with Gasteiger partial charge in [-0.05, 0) is 25.0 Å². The summed E-state index contributed by atoms with van der Waals surface area (Å²) < 4.78 is 5.54. The fourth-order valence-corrected chi connectivity index (χ4v) is 2.77. The number of phenols is 1. The first-order valence-corrected chi connectivity index (χ1v) is 9.43. The highest BCUT2D eigenvalue weighted by molar-refractivity contribution is 6.17. The molecule has 1 aromatic rings. The standard InChI is InChI=1S/C19H29ClO4/c20-13-9-7-5-3-1-2-4-6-8-10-14-24-16-11-12-17(19(22)23)18(21)15-16/h11-12,15,21H,1-10,13-14H2,(H,22,23). The van der Waals surface area contributed by atoms with Crippen LogP contribution in [-0.4, -0.2) is 28.7 Å². The van der Waals surface area contributed by atoms with Gasteiger partial charge in [-0.2, -0.15) is 0 Å². The number of benzene rings is 1. The Hall–Kier alpha value is -1.42. The predicted octanol–water partition coefficient (Wildman–Crippen LogP) is 5.61. The van der Waals surface area contributed by atoms with Gasteiger partial charge < -0.3 is 14.9 Å². The lowest BCUT2D eigenvalue weighted by atomic mass is 10.1. The quantitative estimate of drug-likeness (QED) is 0.336. The maximum absolute atomic E-state index is 10.8. The molecule has 0 aliphatic heterocycles. The zero-order chi connectivity index (χ0) is 17.6. The summed E-state index contributed by atoms with van der Waals surface area (Å²) in [5.74, 6) is -0.107. The van der Waals surface area contributed by atoms with E-state index in [1.54, 1.807) is 6.07 Å². The summed E-state index contributed by atoms with van der Waals surface area (Å²) in [5.41, 5.74) is -0.106. The Bertz CT molecular complexity index is 476. The highest BCUT2D eigenvalue weighted by Gasteiger charge is 2.09. The molecular weight excluding hydrogens is 328 g/mol. The Morgan fingerprint density at radius 1 is 0.917 bits per heavy atom. The Labute approximate surface area is 149 Å². The van der Waals surface area contributed by atoms with Gasteiger partial charge in [0.1, 0.15) is 17.1 Å². The van der Waals surface area contributed by atoms with E-state index in [4.69, 9.17) is 21.4 Å². The van der Waals surface area contributed by atoms with Crippen molar-refractivity contribution in [3.05, 3.63) is 23.8 Å². The second-order valence-electron chi connectivity index (χ2n) is 6.06. The molecule has 0 spiro atoms. The third-order valence-electron chi connectivity index (χ3n) is 4.00. The minimum atomic E-state index is -1.14. The number of aromatic carboxylic acids is 1. The van der Waals surface area contributed by atoms with E-state index in [1.165, 1.54) is 57.1 Å². The van der Waals surface area contributed by atoms with Gasteiger partial charge in [0.15, 0.2) is 0 Å². The molecule has 1 rings (SSSR count). The van der Waals surface area contributed by atoms with Crippen molar-refractivity contribution in [3.63, 3.8) is 0 Å². The molecule has 1 aromatic carbocycles. The largest absolute Gasteiger partial charge is 0.507 e. The zero-order valence-corrected chi connectivity index (χ0v) is 15.1. The van der Waals surface area contributed by atoms with Crippen LogP contribution in [0.15, 0.2) is 18.2 Å². The summed E-state index contributed by atoms with van der Waals surface area (Å²) in [7, 11) is 0. The number of aromatic hydroxyl groups is 1. The number of alkyl halides is 1. The van der Waals surface area contributed by atoms with Crippen LogP contribution < -0.4 is 4.74 Å². The lowest BCUT2D eigenvalue weighted by Gasteiger charge is -2.08. The third-order valence-corrected chi connectivity index (χ3v) is 4.26. The number of carboxylic acids is 1. The molecule has 0 bridgehead atoms. The molecule has 0 atom stereocenters. The molecule has 0 aromatic heterocycles. The first-order chi connectivity index (χ1) is 11.6. The Morgan fingerprint density at radius 3 is 1.96 bits per heavy atom. The van der Waals surface area contributed by atoms with E-state index in [9.17, 15) is 9.90 Å². The maximum Gasteiger partial charge on any atom is 0.339 e. The van der Waals surface area contributed by atoms with E-state index in [0.717, 1.165) is 25.1 Å². The number of halogens is 1. The summed E-state index contributed by atoms with van der Waals surface area (Å²) in [6.45, 7) is 0.588. The number of unbranched alkanes of at least 4 members (excludes halogenated alkanes) is 9. The molecule has 0 amide bonds. The van der Waals surface area contributed by atoms with Crippen molar-refractivity contribution in [1.29, 1.82) is 0 Å². The highest BCUT2D eigenvalue weighted by atomic mass is 35.5. The second-order valence-corrected chi connectivity index (χ2v) is 6.44. The van der Waals surface area contributed by atoms with E-state index in [1.807, 2.05) is 0 Å². The number of hydrogen-bond acceptors (Lipinski definition) is 3. The zero-order valence-electron chi connectivity index (χ0n) is 14.3. The maximum atomic E-state index is 10.8. The molecule has 0 unspecified atom stereocenters. The van der Waals surface area contributed by atoms with Gasteiger partial charge in [-0.25, -0.2) is 4.79 Å². The molecule has 0 saturated carbocycles. The van der Waals surface area contributed by atoms with Gasteiger partial charge in [-0.15, -0.1) is 11.6 Å². The average Bonchev–Trinajstić information content (AvgIpc) is 2.55. The molecule has 0 aliphatic carbocycles. The summed E-state index contributed by atoms with van der Waals surface area (Å²) in [5, 5.41) is 18.4. The second kappa shape index (κ2) is 12.9. The van der Waals surface area contributed by atoms with Crippen molar-refractivity contribution in [2.24, 2.45) is 0 Å². The van der Waals surface area contributed by atoms with Crippen molar-refractivity contribution in [2.75, 3.05) is 12.5 Å². The van der Waals surface area contributed by atoms with Crippen LogP contribution in [0.1, 0.15) is 74.6 Å². The Kier molecular flexibility index (Phi) is 11.1. The molecule has 0 heterocycles. The number of rotatable bonds is 14.